The molecule has 0 aliphatic carbocycles. The minimum atomic E-state index is -0.0443. The molecule has 0 atom stereocenters. The summed E-state index contributed by atoms with van der Waals surface area (Å²) in [5.74, 6) is 1.91. The van der Waals surface area contributed by atoms with Crippen LogP contribution in [0.15, 0.2) is 53.4 Å². The lowest BCUT2D eigenvalue weighted by Gasteiger charge is -2.14. The second kappa shape index (κ2) is 10.6. The summed E-state index contributed by atoms with van der Waals surface area (Å²) in [4.78, 5) is 15.2. The number of thioether (sulfide) groups is 1. The first-order valence-electron chi connectivity index (χ1n) is 10.1. The summed E-state index contributed by atoms with van der Waals surface area (Å²) in [6.45, 7) is 5.56. The van der Waals surface area contributed by atoms with Gasteiger partial charge in [-0.15, -0.1) is 0 Å². The van der Waals surface area contributed by atoms with Crippen molar-refractivity contribution in [3.8, 4) is 11.5 Å². The average Bonchev–Trinajstić information content (AvgIpc) is 3.00. The van der Waals surface area contributed by atoms with Gasteiger partial charge in [-0.05, 0) is 48.1 Å². The molecule has 1 aliphatic heterocycles. The third-order valence-corrected chi connectivity index (χ3v) is 6.16. The Morgan fingerprint density at radius 3 is 2.60 bits per heavy atom. The number of rotatable bonds is 9. The Morgan fingerprint density at radius 1 is 1.13 bits per heavy atom. The number of amides is 1. The molecule has 1 heterocycles. The molecular weight excluding hydrogens is 414 g/mol. The first kappa shape index (κ1) is 22.4. The Kier molecular flexibility index (Phi) is 7.94. The molecule has 2 aromatic carbocycles. The fraction of sp³-hybridized carbons (Fsp3) is 0.333. The molecule has 6 heteroatoms. The zero-order chi connectivity index (χ0) is 21.5. The quantitative estimate of drug-likeness (QED) is 0.376. The van der Waals surface area contributed by atoms with E-state index in [-0.39, 0.29) is 5.91 Å². The van der Waals surface area contributed by atoms with Crippen molar-refractivity contribution in [2.75, 3.05) is 20.3 Å². The Hall–Kier alpha value is -2.31. The molecule has 0 aromatic heterocycles. The highest BCUT2D eigenvalue weighted by Gasteiger charge is 2.31. The monoisotopic (exact) mass is 441 g/mol. The van der Waals surface area contributed by atoms with Gasteiger partial charge in [-0.3, -0.25) is 9.69 Å². The molecule has 158 valence electrons. The lowest BCUT2D eigenvalue weighted by Crippen LogP contribution is -2.30. The summed E-state index contributed by atoms with van der Waals surface area (Å²) in [5.41, 5.74) is 2.07. The van der Waals surface area contributed by atoms with Crippen LogP contribution in [0.5, 0.6) is 11.5 Å². The fourth-order valence-corrected chi connectivity index (χ4v) is 4.34. The Balaban J connectivity index is 1.68. The van der Waals surface area contributed by atoms with Crippen molar-refractivity contribution in [3.63, 3.8) is 0 Å². The summed E-state index contributed by atoms with van der Waals surface area (Å²) in [7, 11) is 1.62. The van der Waals surface area contributed by atoms with Crippen LogP contribution in [0, 0.1) is 5.92 Å². The van der Waals surface area contributed by atoms with Crippen molar-refractivity contribution < 1.29 is 14.3 Å². The number of methoxy groups -OCH3 is 1. The smallest absolute Gasteiger partial charge is 0.266 e. The Labute approximate surface area is 188 Å². The summed E-state index contributed by atoms with van der Waals surface area (Å²) < 4.78 is 11.9. The number of hydrogen-bond acceptors (Lipinski definition) is 5. The number of benzene rings is 2. The van der Waals surface area contributed by atoms with E-state index in [1.54, 1.807) is 12.0 Å². The van der Waals surface area contributed by atoms with Crippen molar-refractivity contribution in [1.29, 1.82) is 0 Å². The van der Waals surface area contributed by atoms with E-state index in [0.717, 1.165) is 18.4 Å². The van der Waals surface area contributed by atoms with E-state index >= 15 is 0 Å². The normalized spacial score (nSPS) is 15.3. The third kappa shape index (κ3) is 5.86. The van der Waals surface area contributed by atoms with Gasteiger partial charge >= 0.3 is 0 Å². The number of thiocarbonyl (C=S) groups is 1. The Morgan fingerprint density at radius 2 is 1.90 bits per heavy atom. The van der Waals surface area contributed by atoms with E-state index in [4.69, 9.17) is 21.7 Å². The first-order valence-corrected chi connectivity index (χ1v) is 11.3. The van der Waals surface area contributed by atoms with Gasteiger partial charge in [0.25, 0.3) is 5.91 Å². The van der Waals surface area contributed by atoms with Crippen LogP contribution in [0.25, 0.3) is 6.08 Å². The van der Waals surface area contributed by atoms with Crippen LogP contribution >= 0.6 is 24.0 Å². The largest absolute Gasteiger partial charge is 0.493 e. The van der Waals surface area contributed by atoms with Crippen molar-refractivity contribution in [2.45, 2.75) is 26.7 Å². The lowest BCUT2D eigenvalue weighted by atomic mass is 10.1. The molecule has 0 spiro atoms. The minimum absolute atomic E-state index is 0.0443. The molecule has 1 amide bonds. The van der Waals surface area contributed by atoms with E-state index < -0.39 is 0 Å². The Bertz CT molecular complexity index is 925. The first-order chi connectivity index (χ1) is 14.5. The van der Waals surface area contributed by atoms with E-state index in [0.29, 0.717) is 39.8 Å². The highest BCUT2D eigenvalue weighted by atomic mass is 32.2. The van der Waals surface area contributed by atoms with E-state index in [1.165, 1.54) is 17.3 Å². The van der Waals surface area contributed by atoms with Gasteiger partial charge in [0.05, 0.1) is 18.6 Å². The number of hydrogen-bond donors (Lipinski definition) is 0. The van der Waals surface area contributed by atoms with Crippen LogP contribution in [-0.4, -0.2) is 35.4 Å². The summed E-state index contributed by atoms with van der Waals surface area (Å²) in [6.07, 6.45) is 3.62. The molecular formula is C24H27NO3S2. The third-order valence-electron chi connectivity index (χ3n) is 4.78. The van der Waals surface area contributed by atoms with Gasteiger partial charge in [0, 0.05) is 6.54 Å². The van der Waals surface area contributed by atoms with Gasteiger partial charge in [0.2, 0.25) is 0 Å². The van der Waals surface area contributed by atoms with Crippen molar-refractivity contribution in [2.24, 2.45) is 5.92 Å². The number of carbonyl (C=O) groups is 1. The van der Waals surface area contributed by atoms with Gasteiger partial charge < -0.3 is 9.47 Å². The van der Waals surface area contributed by atoms with E-state index in [2.05, 4.69) is 26.0 Å². The SMILES string of the molecule is COc1cc(C=C2SC(=S)N(CCc3ccccc3)C2=O)ccc1OCCC(C)C. The zero-order valence-corrected chi connectivity index (χ0v) is 19.2. The molecule has 0 N–H and O–H groups in total. The molecule has 1 fully saturated rings. The second-order valence-electron chi connectivity index (χ2n) is 7.51. The van der Waals surface area contributed by atoms with Crippen LogP contribution in [0.4, 0.5) is 0 Å². The molecule has 3 rings (SSSR count). The molecule has 30 heavy (non-hydrogen) atoms. The predicted molar refractivity (Wildman–Crippen MR) is 128 cm³/mol. The van der Waals surface area contributed by atoms with Crippen molar-refractivity contribution >= 4 is 40.3 Å². The number of ether oxygens (including phenoxy) is 2. The molecule has 1 aliphatic rings. The van der Waals surface area contributed by atoms with Crippen LogP contribution in [0.1, 0.15) is 31.4 Å². The van der Waals surface area contributed by atoms with Gasteiger partial charge in [-0.2, -0.15) is 0 Å². The maximum Gasteiger partial charge on any atom is 0.266 e. The maximum atomic E-state index is 12.9. The topological polar surface area (TPSA) is 38.8 Å². The van der Waals surface area contributed by atoms with Gasteiger partial charge in [-0.25, -0.2) is 0 Å². The fourth-order valence-electron chi connectivity index (χ4n) is 3.03. The lowest BCUT2D eigenvalue weighted by molar-refractivity contribution is -0.122. The van der Waals surface area contributed by atoms with Crippen LogP contribution in [0.2, 0.25) is 0 Å². The minimum Gasteiger partial charge on any atom is -0.493 e. The summed E-state index contributed by atoms with van der Waals surface area (Å²) in [5, 5.41) is 0. The second-order valence-corrected chi connectivity index (χ2v) is 9.19. The average molecular weight is 442 g/mol. The van der Waals surface area contributed by atoms with E-state index in [1.807, 2.05) is 42.5 Å². The van der Waals surface area contributed by atoms with Crippen LogP contribution in [-0.2, 0) is 11.2 Å². The maximum absolute atomic E-state index is 12.9. The molecule has 0 unspecified atom stereocenters. The molecule has 2 aromatic rings. The summed E-state index contributed by atoms with van der Waals surface area (Å²) in [6, 6.07) is 15.8. The van der Waals surface area contributed by atoms with E-state index in [9.17, 15) is 4.79 Å². The molecule has 0 radical (unpaired) electrons. The van der Waals surface area contributed by atoms with Crippen LogP contribution in [0.3, 0.4) is 0 Å². The standard InChI is InChI=1S/C24H27NO3S2/c1-17(2)12-14-28-20-10-9-19(15-21(20)27-3)16-22-23(26)25(24(29)30-22)13-11-18-7-5-4-6-8-18/h4-10,15-17H,11-14H2,1-3H3. The van der Waals surface area contributed by atoms with Gasteiger partial charge in [0.1, 0.15) is 4.32 Å². The molecule has 0 saturated carbocycles. The van der Waals surface area contributed by atoms with Crippen LogP contribution < -0.4 is 9.47 Å². The predicted octanol–water partition coefficient (Wildman–Crippen LogP) is 5.56. The number of carbonyl (C=O) groups excluding carboxylic acids is 1. The highest BCUT2D eigenvalue weighted by Crippen LogP contribution is 2.35. The summed E-state index contributed by atoms with van der Waals surface area (Å²) >= 11 is 6.79. The zero-order valence-electron chi connectivity index (χ0n) is 17.6. The molecule has 1 saturated heterocycles. The number of nitrogens with zero attached hydrogens (tertiary/aromatic N) is 1. The molecule has 0 bridgehead atoms. The highest BCUT2D eigenvalue weighted by molar-refractivity contribution is 8.26. The van der Waals surface area contributed by atoms with Gasteiger partial charge in [0.15, 0.2) is 11.5 Å². The molecule has 4 nitrogen and oxygen atoms in total. The van der Waals surface area contributed by atoms with Crippen molar-refractivity contribution in [3.05, 3.63) is 64.6 Å². The van der Waals surface area contributed by atoms with Gasteiger partial charge in [-0.1, -0.05) is 74.2 Å². The van der Waals surface area contributed by atoms with Crippen molar-refractivity contribution in [1.82, 2.24) is 4.90 Å².